The zero-order chi connectivity index (χ0) is 12.0. The van der Waals surface area contributed by atoms with E-state index in [0.717, 1.165) is 19.3 Å². The Labute approximate surface area is 117 Å². The summed E-state index contributed by atoms with van der Waals surface area (Å²) in [4.78, 5) is 13.5. The summed E-state index contributed by atoms with van der Waals surface area (Å²) in [7, 11) is 7.23. The van der Waals surface area contributed by atoms with Gasteiger partial charge in [-0.05, 0) is 32.1 Å². The maximum Gasteiger partial charge on any atom is 2.00 e. The summed E-state index contributed by atoms with van der Waals surface area (Å²) in [6.45, 7) is 0. The minimum atomic E-state index is -0.167. The number of nitrogens with one attached hydrogen (secondary N) is 1. The normalized spacial score (nSPS) is 17.5. The molecule has 1 amide bonds. The van der Waals surface area contributed by atoms with E-state index >= 15 is 0 Å². The molecule has 1 rings (SSSR count). The monoisotopic (exact) mass is 274 g/mol. The summed E-state index contributed by atoms with van der Waals surface area (Å²) in [5, 5.41) is 2.87. The van der Waals surface area contributed by atoms with E-state index in [0.29, 0.717) is 0 Å². The largest absolute Gasteiger partial charge is 2.00 e. The van der Waals surface area contributed by atoms with Gasteiger partial charge in [0.2, 0.25) is 5.91 Å². The van der Waals surface area contributed by atoms with E-state index in [1.54, 1.807) is 19.0 Å². The van der Waals surface area contributed by atoms with E-state index in [1.807, 2.05) is 0 Å². The van der Waals surface area contributed by atoms with Crippen LogP contribution in [-0.2, 0) is 23.4 Å². The fourth-order valence-corrected chi connectivity index (χ4v) is 2.09. The summed E-state index contributed by atoms with van der Waals surface area (Å²) < 4.78 is 0. The van der Waals surface area contributed by atoms with Crippen LogP contribution in [0.3, 0.4) is 0 Å². The van der Waals surface area contributed by atoms with Crippen LogP contribution >= 0.6 is 0 Å². The second kappa shape index (κ2) is 8.79. The Balaban J connectivity index is 0.00000256. The molecular weight excluding hydrogens is 251 g/mol. The van der Waals surface area contributed by atoms with Crippen molar-refractivity contribution in [1.82, 2.24) is 10.2 Å². The van der Waals surface area contributed by atoms with Crippen molar-refractivity contribution in [2.24, 2.45) is 0 Å². The van der Waals surface area contributed by atoms with Gasteiger partial charge in [0.15, 0.2) is 0 Å². The molecule has 0 fully saturated rings. The molecule has 3 nitrogen and oxygen atoms in total. The molecule has 1 atom stereocenters. The Morgan fingerprint density at radius 1 is 1.47 bits per heavy atom. The Bertz CT molecular complexity index is 264. The summed E-state index contributed by atoms with van der Waals surface area (Å²) in [5.74, 6) is 0.111. The van der Waals surface area contributed by atoms with Crippen LogP contribution < -0.4 is 5.32 Å². The van der Waals surface area contributed by atoms with E-state index in [-0.39, 0.29) is 30.5 Å². The standard InChI is InChI=1S/C13H23N2O.V/c1-14-12(13(16)15(2)3)10-11-8-6-4-5-7-9-11;/h8,12,14H,1,4-7,9-10H2,2-3H3;/q-1;+2. The first-order chi connectivity index (χ1) is 7.65. The molecule has 17 heavy (non-hydrogen) atoms. The molecule has 0 aromatic carbocycles. The molecule has 0 spiro atoms. The van der Waals surface area contributed by atoms with E-state index in [1.165, 1.54) is 24.8 Å². The number of allylic oxidation sites excluding steroid dienone is 1. The van der Waals surface area contributed by atoms with Crippen LogP contribution in [0.15, 0.2) is 11.6 Å². The summed E-state index contributed by atoms with van der Waals surface area (Å²) >= 11 is 0. The van der Waals surface area contributed by atoms with Gasteiger partial charge in [0.25, 0.3) is 0 Å². The van der Waals surface area contributed by atoms with Crippen molar-refractivity contribution >= 4 is 5.91 Å². The Morgan fingerprint density at radius 2 is 2.18 bits per heavy atom. The summed E-state index contributed by atoms with van der Waals surface area (Å²) in [6.07, 6.45) is 9.26. The Kier molecular flexibility index (Phi) is 8.66. The molecule has 4 heteroatoms. The van der Waals surface area contributed by atoms with Gasteiger partial charge in [-0.3, -0.25) is 11.8 Å². The van der Waals surface area contributed by atoms with Gasteiger partial charge in [-0.1, -0.05) is 18.1 Å². The van der Waals surface area contributed by atoms with Crippen molar-refractivity contribution < 1.29 is 23.4 Å². The SMILES string of the molecule is [CH2-]NC(CC1=CCCCCC1)C(=O)N(C)C.[V+2]. The molecule has 0 saturated carbocycles. The molecule has 1 aliphatic rings. The number of rotatable bonds is 4. The van der Waals surface area contributed by atoms with Gasteiger partial charge in [-0.15, -0.1) is 0 Å². The van der Waals surface area contributed by atoms with Gasteiger partial charge in [0.1, 0.15) is 0 Å². The first-order valence-electron chi connectivity index (χ1n) is 6.07. The van der Waals surface area contributed by atoms with Crippen LogP contribution in [0.1, 0.15) is 38.5 Å². The number of carbonyl (C=O) groups excluding carboxylic acids is 1. The average Bonchev–Trinajstić information content (AvgIpc) is 2.53. The quantitative estimate of drug-likeness (QED) is 0.629. The van der Waals surface area contributed by atoms with E-state index < -0.39 is 0 Å². The van der Waals surface area contributed by atoms with Gasteiger partial charge in [-0.25, -0.2) is 0 Å². The Morgan fingerprint density at radius 3 is 2.76 bits per heavy atom. The zero-order valence-corrected chi connectivity index (χ0v) is 12.3. The molecule has 1 N–H and O–H groups in total. The topological polar surface area (TPSA) is 32.3 Å². The van der Waals surface area contributed by atoms with Crippen molar-refractivity contribution in [3.63, 3.8) is 0 Å². The van der Waals surface area contributed by atoms with Gasteiger partial charge >= 0.3 is 18.6 Å². The molecule has 0 bridgehead atoms. The third-order valence-corrected chi connectivity index (χ3v) is 3.09. The number of carbonyl (C=O) groups is 1. The van der Waals surface area contributed by atoms with Crippen LogP contribution in [0.2, 0.25) is 0 Å². The first kappa shape index (κ1) is 16.8. The van der Waals surface area contributed by atoms with Gasteiger partial charge in [-0.2, -0.15) is 0 Å². The van der Waals surface area contributed by atoms with Crippen molar-refractivity contribution in [1.29, 1.82) is 0 Å². The fraction of sp³-hybridized carbons (Fsp3) is 0.692. The molecule has 95 valence electrons. The minimum Gasteiger partial charge on any atom is -0.462 e. The number of likely N-dealkylation sites (N-methyl/N-ethyl adjacent to an activating group) is 1. The van der Waals surface area contributed by atoms with Crippen molar-refractivity contribution in [2.45, 2.75) is 44.6 Å². The van der Waals surface area contributed by atoms with Crippen LogP contribution in [0.4, 0.5) is 0 Å². The molecule has 0 aliphatic heterocycles. The maximum absolute atomic E-state index is 11.8. The minimum absolute atomic E-state index is 0. The predicted octanol–water partition coefficient (Wildman–Crippen LogP) is 2.10. The molecule has 1 unspecified atom stereocenters. The molecule has 0 aromatic heterocycles. The Hall–Kier alpha value is -0.246. The predicted molar refractivity (Wildman–Crippen MR) is 66.8 cm³/mol. The van der Waals surface area contributed by atoms with E-state index in [9.17, 15) is 4.79 Å². The summed E-state index contributed by atoms with van der Waals surface area (Å²) in [6, 6.07) is -0.167. The smallest absolute Gasteiger partial charge is 0.462 e. The van der Waals surface area contributed by atoms with Gasteiger partial charge in [0.05, 0.1) is 6.04 Å². The molecule has 0 saturated heterocycles. The van der Waals surface area contributed by atoms with Crippen LogP contribution in [0.25, 0.3) is 0 Å². The van der Waals surface area contributed by atoms with Gasteiger partial charge in [0, 0.05) is 14.1 Å². The third kappa shape index (κ3) is 5.76. The summed E-state index contributed by atoms with van der Waals surface area (Å²) in [5.41, 5.74) is 1.41. The first-order valence-corrected chi connectivity index (χ1v) is 6.07. The van der Waals surface area contributed by atoms with Crippen molar-refractivity contribution in [3.05, 3.63) is 18.7 Å². The molecule has 0 aromatic rings. The van der Waals surface area contributed by atoms with E-state index in [4.69, 9.17) is 0 Å². The van der Waals surface area contributed by atoms with Crippen LogP contribution in [0.5, 0.6) is 0 Å². The molecule has 1 aliphatic carbocycles. The number of hydrogen-bond donors (Lipinski definition) is 1. The molecule has 1 radical (unpaired) electrons. The van der Waals surface area contributed by atoms with Crippen molar-refractivity contribution in [3.8, 4) is 0 Å². The average molecular weight is 274 g/mol. The third-order valence-electron chi connectivity index (χ3n) is 3.09. The van der Waals surface area contributed by atoms with Crippen LogP contribution in [0, 0.1) is 7.05 Å². The number of hydrogen-bond acceptors (Lipinski definition) is 2. The maximum atomic E-state index is 11.8. The second-order valence-electron chi connectivity index (χ2n) is 4.66. The zero-order valence-electron chi connectivity index (χ0n) is 10.9. The van der Waals surface area contributed by atoms with E-state index in [2.05, 4.69) is 18.4 Å². The number of nitrogens with zero attached hydrogens (tertiary/aromatic N) is 1. The second-order valence-corrected chi connectivity index (χ2v) is 4.66. The fourth-order valence-electron chi connectivity index (χ4n) is 2.09. The van der Waals surface area contributed by atoms with Crippen molar-refractivity contribution in [2.75, 3.05) is 14.1 Å². The molecular formula is C13H23N2OV+. The van der Waals surface area contributed by atoms with Crippen LogP contribution in [-0.4, -0.2) is 30.9 Å². The van der Waals surface area contributed by atoms with Gasteiger partial charge < -0.3 is 10.2 Å². The molecule has 0 heterocycles. The number of amides is 1.